The van der Waals surface area contributed by atoms with Crippen LogP contribution in [0.4, 0.5) is 0 Å². The zero-order chi connectivity index (χ0) is 12.2. The summed E-state index contributed by atoms with van der Waals surface area (Å²) in [5.41, 5.74) is 3.22. The summed E-state index contributed by atoms with van der Waals surface area (Å²) in [5, 5.41) is 1.02. The van der Waals surface area contributed by atoms with Crippen molar-refractivity contribution >= 4 is 16.3 Å². The lowest BCUT2D eigenvalue weighted by atomic mass is 10.5. The van der Waals surface area contributed by atoms with Crippen LogP contribution in [0.3, 0.4) is 0 Å². The molecular weight excluding hydrogens is 258 g/mol. The Labute approximate surface area is 97.7 Å². The normalized spacial score (nSPS) is 13.2. The molecule has 0 saturated carbocycles. The SMILES string of the molecule is CCC1=[S]c2nccc[n+]2N1.[O-][Cl+3]([O-])([O-])[O-]. The first-order valence-corrected chi connectivity index (χ1v) is 6.24. The van der Waals surface area contributed by atoms with E-state index in [0.29, 0.717) is 0 Å². The van der Waals surface area contributed by atoms with Gasteiger partial charge in [-0.2, -0.15) is 0 Å². The third-order valence-corrected chi connectivity index (χ3v) is 2.60. The highest BCUT2D eigenvalue weighted by molar-refractivity contribution is 7.98. The zero-order valence-corrected chi connectivity index (χ0v) is 9.83. The van der Waals surface area contributed by atoms with Gasteiger partial charge in [-0.05, 0) is 22.8 Å². The summed E-state index contributed by atoms with van der Waals surface area (Å²) >= 11 is 1.69. The molecule has 89 valence electrons. The average Bonchev–Trinajstić information content (AvgIpc) is 2.57. The van der Waals surface area contributed by atoms with Crippen molar-refractivity contribution in [1.29, 1.82) is 0 Å². The largest absolute Gasteiger partial charge is 0.407 e. The molecule has 16 heavy (non-hydrogen) atoms. The van der Waals surface area contributed by atoms with Crippen molar-refractivity contribution in [2.75, 3.05) is 5.43 Å². The van der Waals surface area contributed by atoms with E-state index >= 15 is 0 Å². The van der Waals surface area contributed by atoms with Gasteiger partial charge in [0.25, 0.3) is 0 Å². The van der Waals surface area contributed by atoms with Gasteiger partial charge in [-0.15, -0.1) is 14.9 Å². The Hall–Kier alpha value is -0.900. The van der Waals surface area contributed by atoms with Gasteiger partial charge in [0.1, 0.15) is 17.4 Å². The van der Waals surface area contributed by atoms with Crippen molar-refractivity contribution in [3.05, 3.63) is 18.5 Å². The maximum absolute atomic E-state index is 8.49. The van der Waals surface area contributed by atoms with Crippen LogP contribution >= 0.6 is 11.4 Å². The molecule has 0 fully saturated rings. The van der Waals surface area contributed by atoms with E-state index in [1.165, 1.54) is 4.99 Å². The van der Waals surface area contributed by atoms with Gasteiger partial charge in [-0.25, -0.2) is 24.1 Å². The minimum atomic E-state index is -4.94. The number of fused-ring (bicyclic) bond motifs is 1. The molecule has 0 aliphatic carbocycles. The van der Waals surface area contributed by atoms with Gasteiger partial charge in [0.05, 0.1) is 0 Å². The average molecular weight is 267 g/mol. The van der Waals surface area contributed by atoms with Gasteiger partial charge in [-0.1, -0.05) is 6.92 Å². The van der Waals surface area contributed by atoms with Crippen LogP contribution < -0.4 is 28.7 Å². The lowest BCUT2D eigenvalue weighted by Gasteiger charge is -2.17. The molecule has 9 heteroatoms. The van der Waals surface area contributed by atoms with Gasteiger partial charge in [0.15, 0.2) is 0 Å². The second-order valence-corrected chi connectivity index (χ2v) is 4.46. The van der Waals surface area contributed by atoms with Gasteiger partial charge in [0.2, 0.25) is 0 Å². The fourth-order valence-corrected chi connectivity index (χ4v) is 1.76. The quantitative estimate of drug-likeness (QED) is 0.313. The first-order chi connectivity index (χ1) is 7.40. The lowest BCUT2D eigenvalue weighted by Crippen LogP contribution is -2.68. The fourth-order valence-electron chi connectivity index (χ4n) is 0.937. The number of hydrogen-bond donors (Lipinski definition) is 1. The Morgan fingerprint density at radius 1 is 1.44 bits per heavy atom. The van der Waals surface area contributed by atoms with Crippen molar-refractivity contribution < 1.29 is 33.6 Å². The Balaban J connectivity index is 0.000000221. The van der Waals surface area contributed by atoms with Crippen LogP contribution in [0.2, 0.25) is 0 Å². The predicted octanol–water partition coefficient (Wildman–Crippen LogP) is -4.20. The first-order valence-electron chi connectivity index (χ1n) is 4.19. The number of nitrogens with zero attached hydrogens (tertiary/aromatic N) is 2. The minimum Gasteiger partial charge on any atom is -0.222 e. The molecule has 0 spiro atoms. The molecule has 0 bridgehead atoms. The zero-order valence-electron chi connectivity index (χ0n) is 8.25. The number of nitrogens with one attached hydrogen (secondary N) is 1. The highest BCUT2D eigenvalue weighted by Crippen LogP contribution is 2.07. The molecule has 0 atom stereocenters. The molecule has 0 aromatic carbocycles. The highest BCUT2D eigenvalue weighted by atomic mass is 35.7. The maximum Gasteiger partial charge on any atom is 0.407 e. The smallest absolute Gasteiger partial charge is 0.222 e. The molecule has 0 amide bonds. The number of halogens is 1. The van der Waals surface area contributed by atoms with E-state index in [1.54, 1.807) is 17.5 Å². The summed E-state index contributed by atoms with van der Waals surface area (Å²) in [6.07, 6.45) is 4.81. The van der Waals surface area contributed by atoms with E-state index in [-0.39, 0.29) is 0 Å². The van der Waals surface area contributed by atoms with E-state index in [2.05, 4.69) is 17.3 Å². The van der Waals surface area contributed by atoms with Crippen molar-refractivity contribution in [2.24, 2.45) is 0 Å². The Morgan fingerprint density at radius 3 is 2.56 bits per heavy atom. The molecule has 1 aromatic heterocycles. The monoisotopic (exact) mass is 266 g/mol. The van der Waals surface area contributed by atoms with Crippen LogP contribution in [0.5, 0.6) is 0 Å². The van der Waals surface area contributed by atoms with Crippen molar-refractivity contribution in [3.8, 4) is 0 Å². The summed E-state index contributed by atoms with van der Waals surface area (Å²) in [6, 6.07) is 1.91. The Bertz CT molecular complexity index is 389. The standard InChI is InChI=1S/C7H8N3S.ClHO4/c1-2-6-9-10-5-3-4-8-7(10)11-6;2-1(3,4)5/h3-5H,2H2,1H3;(H,2,3,4,5). The third-order valence-electron chi connectivity index (χ3n) is 1.49. The lowest BCUT2D eigenvalue weighted by molar-refractivity contribution is -2.00. The molecule has 7 nitrogen and oxygen atoms in total. The van der Waals surface area contributed by atoms with Crippen LogP contribution in [0.15, 0.2) is 23.6 Å². The van der Waals surface area contributed by atoms with E-state index in [1.807, 2.05) is 16.9 Å². The van der Waals surface area contributed by atoms with Gasteiger partial charge in [-0.3, -0.25) is 0 Å². The molecule has 0 unspecified atom stereocenters. The summed E-state index contributed by atoms with van der Waals surface area (Å²) in [4.78, 5) is 5.45. The second-order valence-electron chi connectivity index (χ2n) is 2.64. The van der Waals surface area contributed by atoms with E-state index < -0.39 is 10.2 Å². The van der Waals surface area contributed by atoms with Crippen molar-refractivity contribution in [3.63, 3.8) is 0 Å². The fraction of sp³-hybridized carbons (Fsp3) is 0.286. The molecule has 1 radical (unpaired) electrons. The molecule has 2 rings (SSSR count). The van der Waals surface area contributed by atoms with Crippen LogP contribution in [-0.4, -0.2) is 9.97 Å². The van der Waals surface area contributed by atoms with E-state index in [9.17, 15) is 0 Å². The highest BCUT2D eigenvalue weighted by Gasteiger charge is 2.18. The third kappa shape index (κ3) is 4.75. The number of aromatic nitrogens is 2. The second kappa shape index (κ2) is 5.43. The van der Waals surface area contributed by atoms with Gasteiger partial charge >= 0.3 is 5.16 Å². The summed E-state index contributed by atoms with van der Waals surface area (Å²) < 4.78 is 35.9. The van der Waals surface area contributed by atoms with Crippen LogP contribution in [0.1, 0.15) is 13.3 Å². The summed E-state index contributed by atoms with van der Waals surface area (Å²) in [5.74, 6) is 0. The maximum atomic E-state index is 8.49. The molecule has 1 aliphatic rings. The minimum absolute atomic E-state index is 1.02. The molecular formula is C7H9ClN3O4S. The topological polar surface area (TPSA) is 121 Å². The number of rotatable bonds is 1. The van der Waals surface area contributed by atoms with Crippen LogP contribution in [0.25, 0.3) is 0 Å². The molecule has 1 N–H and O–H groups in total. The molecule has 1 aliphatic heterocycles. The summed E-state index contributed by atoms with van der Waals surface area (Å²) in [7, 11) is -4.94. The molecule has 1 aromatic rings. The first kappa shape index (κ1) is 13.2. The van der Waals surface area contributed by atoms with Gasteiger partial charge < -0.3 is 0 Å². The Morgan fingerprint density at radius 2 is 2.06 bits per heavy atom. The summed E-state index contributed by atoms with van der Waals surface area (Å²) in [6.45, 7) is 2.13. The van der Waals surface area contributed by atoms with Crippen molar-refractivity contribution in [2.45, 2.75) is 18.5 Å². The van der Waals surface area contributed by atoms with E-state index in [4.69, 9.17) is 18.6 Å². The van der Waals surface area contributed by atoms with E-state index in [0.717, 1.165) is 11.6 Å². The number of hydrogen-bond acceptors (Lipinski definition) is 6. The molecule has 0 saturated heterocycles. The van der Waals surface area contributed by atoms with Crippen LogP contribution in [0, 0.1) is 10.2 Å². The van der Waals surface area contributed by atoms with Gasteiger partial charge in [0, 0.05) is 6.07 Å². The Kier molecular flexibility index (Phi) is 4.47. The van der Waals surface area contributed by atoms with Crippen LogP contribution in [-0.2, 0) is 0 Å². The van der Waals surface area contributed by atoms with Crippen molar-refractivity contribution in [1.82, 2.24) is 4.98 Å². The molecule has 2 heterocycles. The predicted molar refractivity (Wildman–Crippen MR) is 44.9 cm³/mol.